The average Bonchev–Trinajstić information content (AvgIpc) is 3.42. The molecule has 1 fully saturated rings. The predicted molar refractivity (Wildman–Crippen MR) is 114 cm³/mol. The van der Waals surface area contributed by atoms with E-state index in [4.69, 9.17) is 4.74 Å². The van der Waals surface area contributed by atoms with Gasteiger partial charge in [-0.05, 0) is 24.8 Å². The largest absolute Gasteiger partial charge is 0.477 e. The van der Waals surface area contributed by atoms with Crippen LogP contribution >= 0.6 is 0 Å². The number of ether oxygens (including phenoxy) is 1. The summed E-state index contributed by atoms with van der Waals surface area (Å²) in [7, 11) is 3.23. The maximum atomic E-state index is 13.0. The lowest BCUT2D eigenvalue weighted by Gasteiger charge is -2.13. The van der Waals surface area contributed by atoms with Crippen LogP contribution in [0.3, 0.4) is 0 Å². The zero-order chi connectivity index (χ0) is 22.7. The number of nitrogens with one attached hydrogen (secondary N) is 2. The average molecular weight is 433 g/mol. The maximum absolute atomic E-state index is 13.0. The van der Waals surface area contributed by atoms with Gasteiger partial charge in [0.25, 0.3) is 5.91 Å². The van der Waals surface area contributed by atoms with Crippen LogP contribution in [0.15, 0.2) is 17.1 Å². The van der Waals surface area contributed by atoms with E-state index in [1.165, 1.54) is 20.1 Å². The third-order valence-electron chi connectivity index (χ3n) is 5.07. The van der Waals surface area contributed by atoms with Gasteiger partial charge in [0.15, 0.2) is 0 Å². The van der Waals surface area contributed by atoms with Gasteiger partial charge in [0, 0.05) is 32.8 Å². The van der Waals surface area contributed by atoms with Crippen molar-refractivity contribution in [3.63, 3.8) is 0 Å². The van der Waals surface area contributed by atoms with Crippen LogP contribution in [0.1, 0.15) is 42.6 Å². The molecule has 2 heterocycles. The molecule has 3 N–H and O–H groups in total. The molecule has 0 unspecified atom stereocenters. The molecule has 0 bridgehead atoms. The zero-order valence-corrected chi connectivity index (χ0v) is 18.3. The summed E-state index contributed by atoms with van der Waals surface area (Å²) < 4.78 is 7.74. The smallest absolute Gasteiger partial charge is 0.378 e. The van der Waals surface area contributed by atoms with Crippen LogP contribution in [0.5, 0.6) is 5.88 Å². The molecule has 10 nitrogen and oxygen atoms in total. The van der Waals surface area contributed by atoms with Gasteiger partial charge in [0.2, 0.25) is 11.5 Å². The Bertz CT molecular complexity index is 1060. The Balaban J connectivity index is 2.04. The molecule has 0 radical (unpaired) electrons. The number of aromatic amines is 1. The second-order valence-electron chi connectivity index (χ2n) is 8.23. The summed E-state index contributed by atoms with van der Waals surface area (Å²) in [6.07, 6.45) is 6.28. The molecule has 2 amide bonds. The fourth-order valence-corrected chi connectivity index (χ4v) is 3.23. The molecule has 0 saturated heterocycles. The van der Waals surface area contributed by atoms with E-state index in [0.717, 1.165) is 12.8 Å². The number of hydrogen-bond acceptors (Lipinski definition) is 5. The van der Waals surface area contributed by atoms with Crippen LogP contribution in [0.25, 0.3) is 11.7 Å². The van der Waals surface area contributed by atoms with Gasteiger partial charge in [0.05, 0.1) is 24.9 Å². The molecule has 2 aromatic heterocycles. The number of H-pyrrole nitrogens is 1. The maximum Gasteiger partial charge on any atom is 0.378 e. The lowest BCUT2D eigenvalue weighted by Crippen LogP contribution is -2.46. The van der Waals surface area contributed by atoms with Gasteiger partial charge in [-0.15, -0.1) is 0 Å². The van der Waals surface area contributed by atoms with Gasteiger partial charge in [-0.2, -0.15) is 4.57 Å². The number of amides is 2. The predicted octanol–water partition coefficient (Wildman–Crippen LogP) is 0.287. The lowest BCUT2D eigenvalue weighted by molar-refractivity contribution is -0.686. The van der Waals surface area contributed by atoms with E-state index >= 15 is 0 Å². The van der Waals surface area contributed by atoms with Crippen molar-refractivity contribution in [3.05, 3.63) is 33.8 Å². The fourth-order valence-electron chi connectivity index (χ4n) is 3.23. The highest BCUT2D eigenvalue weighted by Gasteiger charge is 2.34. The van der Waals surface area contributed by atoms with Crippen LogP contribution in [0, 0.1) is 5.92 Å². The number of aromatic hydroxyl groups is 1. The Labute approximate surface area is 180 Å². The summed E-state index contributed by atoms with van der Waals surface area (Å²) in [5, 5.41) is 16.5. The van der Waals surface area contributed by atoms with E-state index < -0.39 is 11.5 Å². The highest BCUT2D eigenvalue weighted by Crippen LogP contribution is 2.21. The first-order chi connectivity index (χ1) is 14.7. The Kier molecular flexibility index (Phi) is 6.79. The zero-order valence-electron chi connectivity index (χ0n) is 18.3. The van der Waals surface area contributed by atoms with E-state index in [9.17, 15) is 19.5 Å². The summed E-state index contributed by atoms with van der Waals surface area (Å²) in [6, 6.07) is 0.0498. The molecular formula is C21H30N5O5+. The van der Waals surface area contributed by atoms with Crippen LogP contribution < -0.4 is 15.4 Å². The molecule has 10 heteroatoms. The summed E-state index contributed by atoms with van der Waals surface area (Å²) in [5.41, 5.74) is -0.0230. The molecule has 3 rings (SSSR count). The molecule has 0 aliphatic heterocycles. The molecule has 1 saturated carbocycles. The summed E-state index contributed by atoms with van der Waals surface area (Å²) in [5.74, 6) is -1.06. The van der Waals surface area contributed by atoms with E-state index in [-0.39, 0.29) is 29.3 Å². The van der Waals surface area contributed by atoms with Gasteiger partial charge < -0.3 is 20.1 Å². The second-order valence-corrected chi connectivity index (χ2v) is 8.23. The van der Waals surface area contributed by atoms with Crippen molar-refractivity contribution in [3.8, 4) is 5.88 Å². The lowest BCUT2D eigenvalue weighted by atomic mass is 10.2. The molecule has 0 spiro atoms. The first-order valence-corrected chi connectivity index (χ1v) is 10.4. The van der Waals surface area contributed by atoms with Gasteiger partial charge in [-0.25, -0.2) is 9.89 Å². The quantitative estimate of drug-likeness (QED) is 0.389. The van der Waals surface area contributed by atoms with Crippen molar-refractivity contribution in [2.45, 2.75) is 39.3 Å². The minimum atomic E-state index is -0.645. The molecule has 31 heavy (non-hydrogen) atoms. The van der Waals surface area contributed by atoms with Crippen LogP contribution in [-0.4, -0.2) is 64.8 Å². The molecule has 1 aliphatic carbocycles. The van der Waals surface area contributed by atoms with E-state index in [2.05, 4.69) is 10.4 Å². The number of rotatable bonds is 9. The standard InChI is InChI=1S/C21H29N5O5/c1-13(2)12-25-19-14(5-8-16(27)24(3)9-10-31-4)11-22-26(19)21(30)17(20(25)29)18(28)23-15-6-7-15/h5,8,11,13,15H,6-7,9-10,12H2,1-4H3,(H2,23,28,29,30)/p+1/b8-5+. The van der Waals surface area contributed by atoms with Gasteiger partial charge in [-0.3, -0.25) is 9.59 Å². The molecule has 168 valence electrons. The molecule has 2 aromatic rings. The minimum absolute atomic E-state index is 0.0498. The SMILES string of the molecule is COCCN(C)C(=O)/C=C/c1c[nH]n2c(=O)c(C(=O)NC3CC3)c(O)[n+](CC(C)C)c12. The Hall–Kier alpha value is -3.14. The number of methoxy groups -OCH3 is 1. The number of nitrogens with zero attached hydrogens (tertiary/aromatic N) is 3. The number of fused-ring (bicyclic) bond motifs is 1. The Morgan fingerprint density at radius 2 is 2.16 bits per heavy atom. The molecule has 0 aromatic carbocycles. The van der Waals surface area contributed by atoms with E-state index in [1.54, 1.807) is 26.4 Å². The van der Waals surface area contributed by atoms with Crippen molar-refractivity contribution in [1.29, 1.82) is 0 Å². The number of hydrogen-bond donors (Lipinski definition) is 3. The number of carbonyl (C=O) groups excluding carboxylic acids is 2. The summed E-state index contributed by atoms with van der Waals surface area (Å²) in [6.45, 7) is 5.18. The van der Waals surface area contributed by atoms with Gasteiger partial charge >= 0.3 is 17.1 Å². The topological polar surface area (TPSA) is 120 Å². The highest BCUT2D eigenvalue weighted by atomic mass is 16.5. The van der Waals surface area contributed by atoms with Gasteiger partial charge in [-0.1, -0.05) is 18.4 Å². The van der Waals surface area contributed by atoms with Crippen LogP contribution in [0.4, 0.5) is 0 Å². The highest BCUT2D eigenvalue weighted by molar-refractivity contribution is 5.96. The van der Waals surface area contributed by atoms with Crippen molar-refractivity contribution in [2.24, 2.45) is 5.92 Å². The Morgan fingerprint density at radius 3 is 2.77 bits per heavy atom. The first-order valence-electron chi connectivity index (χ1n) is 10.4. The monoisotopic (exact) mass is 432 g/mol. The van der Waals surface area contributed by atoms with Gasteiger partial charge in [0.1, 0.15) is 0 Å². The normalized spacial score (nSPS) is 14.0. The van der Waals surface area contributed by atoms with Crippen LogP contribution in [-0.2, 0) is 16.1 Å². The molecule has 0 atom stereocenters. The van der Waals surface area contributed by atoms with E-state index in [0.29, 0.717) is 30.9 Å². The minimum Gasteiger partial charge on any atom is -0.477 e. The summed E-state index contributed by atoms with van der Waals surface area (Å²) in [4.78, 5) is 39.4. The Morgan fingerprint density at radius 1 is 1.45 bits per heavy atom. The second kappa shape index (κ2) is 9.34. The molecule has 1 aliphatic rings. The fraction of sp³-hybridized carbons (Fsp3) is 0.524. The van der Waals surface area contributed by atoms with Crippen molar-refractivity contribution in [1.82, 2.24) is 19.8 Å². The third-order valence-corrected chi connectivity index (χ3v) is 5.07. The first kappa shape index (κ1) is 22.5. The number of likely N-dealkylation sites (N-methyl/N-ethyl adjacent to an activating group) is 1. The van der Waals surface area contributed by atoms with Crippen molar-refractivity contribution >= 4 is 23.5 Å². The number of carbonyl (C=O) groups is 2. The number of aromatic nitrogens is 3. The van der Waals surface area contributed by atoms with Crippen molar-refractivity contribution in [2.75, 3.05) is 27.3 Å². The van der Waals surface area contributed by atoms with E-state index in [1.807, 2.05) is 13.8 Å². The van der Waals surface area contributed by atoms with Crippen molar-refractivity contribution < 1.29 is 24.0 Å². The summed E-state index contributed by atoms with van der Waals surface area (Å²) >= 11 is 0. The van der Waals surface area contributed by atoms with Crippen LogP contribution in [0.2, 0.25) is 0 Å². The third kappa shape index (κ3) is 4.96. The molecular weight excluding hydrogens is 402 g/mol.